The highest BCUT2D eigenvalue weighted by Crippen LogP contribution is 2.19. The molecule has 3 rings (SSSR count). The van der Waals surface area contributed by atoms with Crippen LogP contribution >= 0.6 is 0 Å². The van der Waals surface area contributed by atoms with Crippen LogP contribution in [0, 0.1) is 0 Å². The number of hydrogen-bond acceptors (Lipinski definition) is 6. The topological polar surface area (TPSA) is 123 Å². The minimum atomic E-state index is -3.91. The lowest BCUT2D eigenvalue weighted by molar-refractivity contribution is 0.591. The van der Waals surface area contributed by atoms with Gasteiger partial charge in [0.2, 0.25) is 0 Å². The SMILES string of the molecule is Cn1cnc(S(=O)(=O)Nc2cccc(S(=O)(=O)NC3=NCCCCC3)c2)c1. The third kappa shape index (κ3) is 4.86. The number of sulfonamides is 2. The number of benzene rings is 1. The summed E-state index contributed by atoms with van der Waals surface area (Å²) in [6.07, 6.45) is 6.13. The van der Waals surface area contributed by atoms with Crippen molar-refractivity contribution in [2.75, 3.05) is 11.3 Å². The van der Waals surface area contributed by atoms with Gasteiger partial charge in [-0.15, -0.1) is 0 Å². The van der Waals surface area contributed by atoms with E-state index in [0.717, 1.165) is 19.3 Å². The molecule has 0 unspecified atom stereocenters. The average molecular weight is 412 g/mol. The van der Waals surface area contributed by atoms with Crippen molar-refractivity contribution in [3.05, 3.63) is 36.8 Å². The van der Waals surface area contributed by atoms with Crippen LogP contribution in [0.4, 0.5) is 5.69 Å². The third-order valence-corrected chi connectivity index (χ3v) is 6.62. The molecule has 0 saturated heterocycles. The smallest absolute Gasteiger partial charge is 0.280 e. The summed E-state index contributed by atoms with van der Waals surface area (Å²) in [7, 11) is -6.10. The Labute approximate surface area is 158 Å². The maximum atomic E-state index is 12.6. The Morgan fingerprint density at radius 2 is 1.85 bits per heavy atom. The molecule has 11 heteroatoms. The number of aryl methyl sites for hydroxylation is 1. The van der Waals surface area contributed by atoms with Gasteiger partial charge in [0, 0.05) is 26.2 Å². The fourth-order valence-corrected chi connectivity index (χ4v) is 4.80. The molecule has 1 aliphatic rings. The molecular formula is C16H21N5O4S2. The molecule has 0 saturated carbocycles. The molecule has 1 aromatic carbocycles. The number of anilines is 1. The first-order chi connectivity index (χ1) is 12.8. The number of amidine groups is 1. The molecule has 146 valence electrons. The van der Waals surface area contributed by atoms with E-state index in [1.165, 1.54) is 41.4 Å². The van der Waals surface area contributed by atoms with Crippen LogP contribution in [0.2, 0.25) is 0 Å². The first kappa shape index (κ1) is 19.4. The van der Waals surface area contributed by atoms with E-state index in [1.807, 2.05) is 0 Å². The van der Waals surface area contributed by atoms with E-state index in [2.05, 4.69) is 19.4 Å². The maximum absolute atomic E-state index is 12.6. The van der Waals surface area contributed by atoms with Crippen LogP contribution in [0.5, 0.6) is 0 Å². The van der Waals surface area contributed by atoms with Crippen molar-refractivity contribution in [3.63, 3.8) is 0 Å². The number of rotatable bonds is 5. The van der Waals surface area contributed by atoms with Crippen molar-refractivity contribution in [1.82, 2.24) is 14.3 Å². The highest BCUT2D eigenvalue weighted by Gasteiger charge is 2.20. The quantitative estimate of drug-likeness (QED) is 0.771. The molecule has 1 aromatic heterocycles. The van der Waals surface area contributed by atoms with Crippen LogP contribution in [-0.2, 0) is 27.1 Å². The standard InChI is InChI=1S/C16H21N5O4S2/c1-21-11-16(18-12-21)27(24,25)19-13-6-5-7-14(10-13)26(22,23)20-15-8-3-2-4-9-17-15/h5-7,10-12,19H,2-4,8-9H2,1H3,(H,17,20). The van der Waals surface area contributed by atoms with Crippen molar-refractivity contribution < 1.29 is 16.8 Å². The van der Waals surface area contributed by atoms with Gasteiger partial charge in [-0.25, -0.2) is 13.4 Å². The van der Waals surface area contributed by atoms with Gasteiger partial charge in [-0.2, -0.15) is 8.42 Å². The van der Waals surface area contributed by atoms with Gasteiger partial charge in [0.05, 0.1) is 16.9 Å². The minimum absolute atomic E-state index is 0.0457. The monoisotopic (exact) mass is 411 g/mol. The number of imidazole rings is 1. The number of nitrogens with one attached hydrogen (secondary N) is 2. The molecule has 0 atom stereocenters. The van der Waals surface area contributed by atoms with E-state index in [0.29, 0.717) is 18.8 Å². The number of aliphatic imine (C=N–C) groups is 1. The van der Waals surface area contributed by atoms with Crippen LogP contribution in [0.25, 0.3) is 0 Å². The summed E-state index contributed by atoms with van der Waals surface area (Å²) >= 11 is 0. The lowest BCUT2D eigenvalue weighted by Crippen LogP contribution is -2.30. The average Bonchev–Trinajstić information content (AvgIpc) is 2.89. The summed E-state index contributed by atoms with van der Waals surface area (Å²) in [5.74, 6) is 0.437. The van der Waals surface area contributed by atoms with E-state index < -0.39 is 20.0 Å². The van der Waals surface area contributed by atoms with E-state index in [4.69, 9.17) is 0 Å². The van der Waals surface area contributed by atoms with Crippen molar-refractivity contribution in [2.45, 2.75) is 35.6 Å². The molecule has 27 heavy (non-hydrogen) atoms. The van der Waals surface area contributed by atoms with Crippen LogP contribution < -0.4 is 9.44 Å². The van der Waals surface area contributed by atoms with Gasteiger partial charge in [0.15, 0.2) is 5.03 Å². The van der Waals surface area contributed by atoms with E-state index in [-0.39, 0.29) is 15.6 Å². The molecule has 0 radical (unpaired) electrons. The van der Waals surface area contributed by atoms with Gasteiger partial charge in [-0.3, -0.25) is 14.4 Å². The molecule has 0 amide bonds. The second-order valence-electron chi connectivity index (χ2n) is 6.26. The third-order valence-electron chi connectivity index (χ3n) is 3.98. The van der Waals surface area contributed by atoms with E-state index in [1.54, 1.807) is 7.05 Å². The molecular weight excluding hydrogens is 390 g/mol. The summed E-state index contributed by atoms with van der Waals surface area (Å²) in [5, 5.41) is -0.149. The van der Waals surface area contributed by atoms with Gasteiger partial charge in [-0.1, -0.05) is 12.5 Å². The molecule has 2 aromatic rings. The molecule has 0 bridgehead atoms. The van der Waals surface area contributed by atoms with Crippen LogP contribution in [0.15, 0.2) is 51.7 Å². The summed E-state index contributed by atoms with van der Waals surface area (Å²) < 4.78 is 56.3. The normalized spacial score (nSPS) is 15.7. The predicted octanol–water partition coefficient (Wildman–Crippen LogP) is 1.47. The molecule has 0 aliphatic carbocycles. The maximum Gasteiger partial charge on any atom is 0.280 e. The lowest BCUT2D eigenvalue weighted by Gasteiger charge is -2.11. The number of nitrogens with zero attached hydrogens (tertiary/aromatic N) is 3. The Bertz CT molecular complexity index is 1060. The van der Waals surface area contributed by atoms with Crippen LogP contribution in [-0.4, -0.2) is 38.8 Å². The summed E-state index contributed by atoms with van der Waals surface area (Å²) in [6.45, 7) is 0.599. The van der Waals surface area contributed by atoms with Crippen molar-refractivity contribution in [3.8, 4) is 0 Å². The van der Waals surface area contributed by atoms with Crippen LogP contribution in [0.1, 0.15) is 25.7 Å². The van der Waals surface area contributed by atoms with Gasteiger partial charge in [0.1, 0.15) is 5.84 Å². The fourth-order valence-electron chi connectivity index (χ4n) is 2.63. The van der Waals surface area contributed by atoms with Gasteiger partial charge in [-0.05, 0) is 31.0 Å². The first-order valence-corrected chi connectivity index (χ1v) is 11.4. The molecule has 1 aliphatic heterocycles. The molecule has 2 N–H and O–H groups in total. The largest absolute Gasteiger partial charge is 0.339 e. The summed E-state index contributed by atoms with van der Waals surface area (Å²) in [4.78, 5) is 8.02. The first-order valence-electron chi connectivity index (χ1n) is 8.43. The predicted molar refractivity (Wildman–Crippen MR) is 102 cm³/mol. The van der Waals surface area contributed by atoms with Gasteiger partial charge in [0.25, 0.3) is 20.0 Å². The Balaban J connectivity index is 1.81. The highest BCUT2D eigenvalue weighted by atomic mass is 32.2. The Kier molecular flexibility index (Phi) is 5.51. The zero-order valence-electron chi connectivity index (χ0n) is 14.8. The molecule has 0 fully saturated rings. The second-order valence-corrected chi connectivity index (χ2v) is 9.57. The van der Waals surface area contributed by atoms with Crippen molar-refractivity contribution in [1.29, 1.82) is 0 Å². The van der Waals surface area contributed by atoms with Crippen molar-refractivity contribution in [2.24, 2.45) is 12.0 Å². The number of hydrogen-bond donors (Lipinski definition) is 2. The zero-order chi connectivity index (χ0) is 19.5. The summed E-state index contributed by atoms with van der Waals surface area (Å²) in [6, 6.07) is 5.61. The Hall–Kier alpha value is -2.40. The molecule has 9 nitrogen and oxygen atoms in total. The fraction of sp³-hybridized carbons (Fsp3) is 0.375. The zero-order valence-corrected chi connectivity index (χ0v) is 16.4. The lowest BCUT2D eigenvalue weighted by atomic mass is 10.2. The molecule has 2 heterocycles. The van der Waals surface area contributed by atoms with Crippen LogP contribution in [0.3, 0.4) is 0 Å². The molecule has 0 spiro atoms. The van der Waals surface area contributed by atoms with Crippen molar-refractivity contribution >= 4 is 31.6 Å². The highest BCUT2D eigenvalue weighted by molar-refractivity contribution is 7.92. The van der Waals surface area contributed by atoms with Gasteiger partial charge < -0.3 is 4.57 Å². The second kappa shape index (κ2) is 7.69. The number of aromatic nitrogens is 2. The minimum Gasteiger partial charge on any atom is -0.339 e. The Morgan fingerprint density at radius 3 is 2.59 bits per heavy atom. The van der Waals surface area contributed by atoms with E-state index >= 15 is 0 Å². The van der Waals surface area contributed by atoms with E-state index in [9.17, 15) is 16.8 Å². The summed E-state index contributed by atoms with van der Waals surface area (Å²) in [5.41, 5.74) is 0.131. The van der Waals surface area contributed by atoms with Gasteiger partial charge >= 0.3 is 0 Å². The Morgan fingerprint density at radius 1 is 1.04 bits per heavy atom.